The molecule has 0 radical (unpaired) electrons. The third kappa shape index (κ3) is 7.10. The van der Waals surface area contributed by atoms with E-state index in [-0.39, 0.29) is 18.2 Å². The predicted octanol–water partition coefficient (Wildman–Crippen LogP) is 4.42. The van der Waals surface area contributed by atoms with Gasteiger partial charge in [-0.15, -0.1) is 0 Å². The number of carbonyl (C=O) groups excluding carboxylic acids is 1. The number of nitrogens with two attached hydrogens (primary N) is 1. The minimum Gasteiger partial charge on any atom is -0.324 e. The van der Waals surface area contributed by atoms with E-state index in [1.807, 2.05) is 0 Å². The first-order valence-electron chi connectivity index (χ1n) is 8.20. The van der Waals surface area contributed by atoms with Crippen LogP contribution in [-0.4, -0.2) is 12.3 Å². The fourth-order valence-corrected chi connectivity index (χ4v) is 3.10. The van der Waals surface area contributed by atoms with Gasteiger partial charge in [-0.2, -0.15) is 0 Å². The molecule has 114 valence electrons. The van der Waals surface area contributed by atoms with E-state index in [9.17, 15) is 4.79 Å². The van der Waals surface area contributed by atoms with Gasteiger partial charge in [-0.1, -0.05) is 60.3 Å². The lowest BCUT2D eigenvalue weighted by molar-refractivity contribution is -0.124. The average Bonchev–Trinajstić information content (AvgIpc) is 2.39. The Labute approximate surface area is 120 Å². The summed E-state index contributed by atoms with van der Waals surface area (Å²) in [6.45, 7) is 11.4. The van der Waals surface area contributed by atoms with Crippen molar-refractivity contribution in [3.05, 3.63) is 0 Å². The van der Waals surface area contributed by atoms with Crippen molar-refractivity contribution >= 4 is 5.78 Å². The molecular weight excluding hydrogens is 234 g/mol. The maximum atomic E-state index is 12.1. The molecular formula is C17H35NO. The fraction of sp³-hybridized carbons (Fsp3) is 0.941. The molecule has 0 aromatic carbocycles. The molecule has 0 saturated carbocycles. The van der Waals surface area contributed by atoms with Crippen LogP contribution in [0.15, 0.2) is 0 Å². The van der Waals surface area contributed by atoms with Crippen molar-refractivity contribution in [3.8, 4) is 0 Å². The Morgan fingerprint density at radius 3 is 1.95 bits per heavy atom. The van der Waals surface area contributed by atoms with E-state index in [1.165, 1.54) is 25.7 Å². The van der Waals surface area contributed by atoms with Crippen molar-refractivity contribution in [2.24, 2.45) is 29.4 Å². The molecule has 0 aliphatic rings. The lowest BCUT2D eigenvalue weighted by atomic mass is 9.74. The van der Waals surface area contributed by atoms with Crippen molar-refractivity contribution in [3.63, 3.8) is 0 Å². The van der Waals surface area contributed by atoms with Crippen LogP contribution in [0.3, 0.4) is 0 Å². The van der Waals surface area contributed by atoms with Gasteiger partial charge < -0.3 is 5.73 Å². The zero-order valence-electron chi connectivity index (χ0n) is 13.7. The van der Waals surface area contributed by atoms with Crippen LogP contribution >= 0.6 is 0 Å². The minimum absolute atomic E-state index is 0.179. The van der Waals surface area contributed by atoms with Crippen LogP contribution in [0.25, 0.3) is 0 Å². The number of carbonyl (C=O) groups is 1. The molecule has 19 heavy (non-hydrogen) atoms. The Morgan fingerprint density at radius 1 is 0.947 bits per heavy atom. The Bertz CT molecular complexity index is 237. The molecule has 0 bridgehead atoms. The summed E-state index contributed by atoms with van der Waals surface area (Å²) in [5, 5.41) is 0. The number of hydrogen-bond donors (Lipinski definition) is 1. The molecule has 2 N–H and O–H groups in total. The second-order valence-electron chi connectivity index (χ2n) is 6.44. The quantitative estimate of drug-likeness (QED) is 0.603. The SMILES string of the molecule is CCCC(CCC(C)C)C(C)C(CCC)C(=O)CN. The highest BCUT2D eigenvalue weighted by molar-refractivity contribution is 5.83. The molecule has 2 nitrogen and oxygen atoms in total. The normalized spacial score (nSPS) is 16.4. The Kier molecular flexibility index (Phi) is 10.2. The topological polar surface area (TPSA) is 43.1 Å². The third-order valence-electron chi connectivity index (χ3n) is 4.37. The van der Waals surface area contributed by atoms with Gasteiger partial charge in [0.2, 0.25) is 0 Å². The maximum absolute atomic E-state index is 12.1. The van der Waals surface area contributed by atoms with E-state index in [4.69, 9.17) is 5.73 Å². The van der Waals surface area contributed by atoms with Gasteiger partial charge in [0.1, 0.15) is 5.78 Å². The Balaban J connectivity index is 4.69. The van der Waals surface area contributed by atoms with Gasteiger partial charge in [-0.25, -0.2) is 0 Å². The number of ketones is 1. The van der Waals surface area contributed by atoms with E-state index < -0.39 is 0 Å². The zero-order chi connectivity index (χ0) is 14.8. The van der Waals surface area contributed by atoms with Crippen LogP contribution in [0.1, 0.15) is 73.1 Å². The molecule has 0 aromatic rings. The van der Waals surface area contributed by atoms with Crippen molar-refractivity contribution in [2.45, 2.75) is 73.1 Å². The molecule has 3 unspecified atom stereocenters. The molecule has 0 aliphatic carbocycles. The summed E-state index contributed by atoms with van der Waals surface area (Å²) in [5.41, 5.74) is 5.59. The van der Waals surface area contributed by atoms with E-state index in [0.717, 1.165) is 18.8 Å². The highest BCUT2D eigenvalue weighted by atomic mass is 16.1. The van der Waals surface area contributed by atoms with Crippen LogP contribution in [0.4, 0.5) is 0 Å². The smallest absolute Gasteiger partial charge is 0.149 e. The van der Waals surface area contributed by atoms with Gasteiger partial charge in [0, 0.05) is 5.92 Å². The van der Waals surface area contributed by atoms with E-state index in [0.29, 0.717) is 11.8 Å². The highest BCUT2D eigenvalue weighted by Crippen LogP contribution is 2.32. The van der Waals surface area contributed by atoms with Crippen LogP contribution in [0.5, 0.6) is 0 Å². The Morgan fingerprint density at radius 2 is 1.53 bits per heavy atom. The lowest BCUT2D eigenvalue weighted by Gasteiger charge is -2.30. The Hall–Kier alpha value is -0.370. The summed E-state index contributed by atoms with van der Waals surface area (Å²) >= 11 is 0. The second-order valence-corrected chi connectivity index (χ2v) is 6.44. The maximum Gasteiger partial charge on any atom is 0.149 e. The molecule has 3 atom stereocenters. The fourth-order valence-electron chi connectivity index (χ4n) is 3.10. The summed E-state index contributed by atoms with van der Waals surface area (Å²) in [4.78, 5) is 12.1. The first kappa shape index (κ1) is 18.6. The summed E-state index contributed by atoms with van der Waals surface area (Å²) in [6.07, 6.45) is 7.05. The number of Topliss-reactive ketones (excluding diaryl/α,β-unsaturated/α-hetero) is 1. The van der Waals surface area contributed by atoms with Gasteiger partial charge in [-0.3, -0.25) is 4.79 Å². The molecule has 0 fully saturated rings. The molecule has 0 rings (SSSR count). The number of hydrogen-bond acceptors (Lipinski definition) is 2. The van der Waals surface area contributed by atoms with Crippen molar-refractivity contribution in [1.29, 1.82) is 0 Å². The van der Waals surface area contributed by atoms with Gasteiger partial charge >= 0.3 is 0 Å². The predicted molar refractivity (Wildman–Crippen MR) is 84.1 cm³/mol. The second kappa shape index (κ2) is 10.4. The molecule has 0 heterocycles. The molecule has 0 aromatic heterocycles. The van der Waals surface area contributed by atoms with E-state index >= 15 is 0 Å². The van der Waals surface area contributed by atoms with E-state index in [2.05, 4.69) is 34.6 Å². The molecule has 0 amide bonds. The van der Waals surface area contributed by atoms with Crippen LogP contribution in [0, 0.1) is 23.7 Å². The summed E-state index contributed by atoms with van der Waals surface area (Å²) in [5.74, 6) is 2.36. The van der Waals surface area contributed by atoms with E-state index in [1.54, 1.807) is 0 Å². The van der Waals surface area contributed by atoms with Crippen molar-refractivity contribution in [2.75, 3.05) is 6.54 Å². The monoisotopic (exact) mass is 269 g/mol. The molecule has 0 saturated heterocycles. The summed E-state index contributed by atoms with van der Waals surface area (Å²) < 4.78 is 0. The molecule has 0 aliphatic heterocycles. The number of rotatable bonds is 11. The van der Waals surface area contributed by atoms with Gasteiger partial charge in [0.05, 0.1) is 6.54 Å². The van der Waals surface area contributed by atoms with Crippen LogP contribution in [0.2, 0.25) is 0 Å². The van der Waals surface area contributed by atoms with Crippen LogP contribution < -0.4 is 5.73 Å². The van der Waals surface area contributed by atoms with Crippen molar-refractivity contribution < 1.29 is 4.79 Å². The average molecular weight is 269 g/mol. The van der Waals surface area contributed by atoms with Gasteiger partial charge in [-0.05, 0) is 30.6 Å². The first-order chi connectivity index (χ1) is 8.97. The van der Waals surface area contributed by atoms with Crippen molar-refractivity contribution in [1.82, 2.24) is 0 Å². The molecule has 0 spiro atoms. The van der Waals surface area contributed by atoms with Crippen LogP contribution in [-0.2, 0) is 4.79 Å². The minimum atomic E-state index is 0.179. The standard InChI is InChI=1S/C17H35NO/c1-6-8-15(11-10-13(3)4)14(5)16(9-7-2)17(19)12-18/h13-16H,6-12,18H2,1-5H3. The lowest BCUT2D eigenvalue weighted by Crippen LogP contribution is -2.32. The first-order valence-corrected chi connectivity index (χ1v) is 8.20. The largest absolute Gasteiger partial charge is 0.324 e. The summed E-state index contributed by atoms with van der Waals surface area (Å²) in [7, 11) is 0. The van der Waals surface area contributed by atoms with Gasteiger partial charge in [0.25, 0.3) is 0 Å². The third-order valence-corrected chi connectivity index (χ3v) is 4.37. The van der Waals surface area contributed by atoms with Gasteiger partial charge in [0.15, 0.2) is 0 Å². The zero-order valence-corrected chi connectivity index (χ0v) is 13.7. The summed E-state index contributed by atoms with van der Waals surface area (Å²) in [6, 6.07) is 0. The highest BCUT2D eigenvalue weighted by Gasteiger charge is 2.28. The molecule has 2 heteroatoms.